The normalized spacial score (nSPS) is 10.1. The third-order valence-electron chi connectivity index (χ3n) is 2.15. The summed E-state index contributed by atoms with van der Waals surface area (Å²) in [6.07, 6.45) is 4.37. The van der Waals surface area contributed by atoms with E-state index in [0.29, 0.717) is 5.75 Å². The number of aromatic carboxylic acids is 1. The van der Waals surface area contributed by atoms with Crippen molar-refractivity contribution in [2.75, 3.05) is 6.26 Å². The summed E-state index contributed by atoms with van der Waals surface area (Å²) in [6.45, 7) is 0. The van der Waals surface area contributed by atoms with Gasteiger partial charge in [-0.25, -0.2) is 14.8 Å². The summed E-state index contributed by atoms with van der Waals surface area (Å²) in [5.41, 5.74) is 0.0282. The molecule has 0 atom stereocenters. The van der Waals surface area contributed by atoms with E-state index < -0.39 is 5.97 Å². The van der Waals surface area contributed by atoms with Crippen LogP contribution in [0.15, 0.2) is 41.6 Å². The largest absolute Gasteiger partial charge is 0.478 e. The Balaban J connectivity index is 2.21. The highest BCUT2D eigenvalue weighted by Crippen LogP contribution is 2.29. The molecule has 6 heteroatoms. The van der Waals surface area contributed by atoms with Crippen LogP contribution in [-0.4, -0.2) is 27.3 Å². The maximum Gasteiger partial charge on any atom is 0.338 e. The first kappa shape index (κ1) is 12.4. The van der Waals surface area contributed by atoms with Gasteiger partial charge in [0.1, 0.15) is 5.75 Å². The minimum absolute atomic E-state index is 0.0282. The van der Waals surface area contributed by atoms with Crippen molar-refractivity contribution in [1.29, 1.82) is 0 Å². The van der Waals surface area contributed by atoms with Crippen LogP contribution in [0.2, 0.25) is 0 Å². The van der Waals surface area contributed by atoms with Gasteiger partial charge >= 0.3 is 12.0 Å². The third-order valence-corrected chi connectivity index (χ3v) is 2.92. The molecule has 0 fully saturated rings. The number of hydrogen-bond donors (Lipinski definition) is 1. The molecule has 2 aromatic rings. The molecule has 18 heavy (non-hydrogen) atoms. The molecular weight excluding hydrogens is 252 g/mol. The maximum absolute atomic E-state index is 10.6. The molecular formula is C12H10N2O3S. The number of para-hydroxylation sites is 1. The average molecular weight is 262 g/mol. The molecule has 5 nitrogen and oxygen atoms in total. The monoisotopic (exact) mass is 262 g/mol. The van der Waals surface area contributed by atoms with Gasteiger partial charge in [-0.1, -0.05) is 12.1 Å². The molecule has 0 aliphatic rings. The van der Waals surface area contributed by atoms with Gasteiger partial charge in [0.05, 0.1) is 5.56 Å². The Kier molecular flexibility index (Phi) is 3.78. The fourth-order valence-corrected chi connectivity index (χ4v) is 1.81. The molecule has 0 spiro atoms. The molecule has 0 aliphatic heterocycles. The van der Waals surface area contributed by atoms with Gasteiger partial charge in [0, 0.05) is 17.3 Å². The molecule has 1 aromatic carbocycles. The van der Waals surface area contributed by atoms with E-state index in [1.165, 1.54) is 12.4 Å². The fraction of sp³-hybridized carbons (Fsp3) is 0.0833. The lowest BCUT2D eigenvalue weighted by molar-refractivity contribution is 0.0696. The Morgan fingerprint density at radius 2 is 1.94 bits per heavy atom. The molecule has 1 heterocycles. The van der Waals surface area contributed by atoms with Gasteiger partial charge < -0.3 is 9.84 Å². The van der Waals surface area contributed by atoms with E-state index in [4.69, 9.17) is 9.84 Å². The minimum Gasteiger partial charge on any atom is -0.478 e. The van der Waals surface area contributed by atoms with E-state index >= 15 is 0 Å². The van der Waals surface area contributed by atoms with Gasteiger partial charge in [0.15, 0.2) is 0 Å². The molecule has 92 valence electrons. The SMILES string of the molecule is CSc1ccccc1Oc1ncc(C(=O)O)cn1. The number of benzene rings is 1. The summed E-state index contributed by atoms with van der Waals surface area (Å²) in [4.78, 5) is 19.3. The molecule has 0 amide bonds. The molecule has 2 rings (SSSR count). The van der Waals surface area contributed by atoms with E-state index in [-0.39, 0.29) is 11.6 Å². The first-order valence-electron chi connectivity index (χ1n) is 5.07. The highest BCUT2D eigenvalue weighted by molar-refractivity contribution is 7.98. The van der Waals surface area contributed by atoms with Crippen LogP contribution >= 0.6 is 11.8 Å². The lowest BCUT2D eigenvalue weighted by atomic mass is 10.3. The standard InChI is InChI=1S/C12H10N2O3S/c1-18-10-5-3-2-4-9(10)17-12-13-6-8(7-14-12)11(15)16/h2-7H,1H3,(H,15,16). The lowest BCUT2D eigenvalue weighted by Gasteiger charge is -2.07. The van der Waals surface area contributed by atoms with Crippen molar-refractivity contribution in [2.45, 2.75) is 4.90 Å². The summed E-state index contributed by atoms with van der Waals surface area (Å²) in [5.74, 6) is -0.417. The zero-order valence-corrected chi connectivity index (χ0v) is 10.3. The third kappa shape index (κ3) is 2.78. The summed E-state index contributed by atoms with van der Waals surface area (Å²) in [7, 11) is 0. The molecule has 0 bridgehead atoms. The van der Waals surface area contributed by atoms with Crippen molar-refractivity contribution in [3.63, 3.8) is 0 Å². The number of ether oxygens (including phenoxy) is 1. The van der Waals surface area contributed by atoms with Gasteiger partial charge in [-0.05, 0) is 18.4 Å². The van der Waals surface area contributed by atoms with Crippen molar-refractivity contribution in [2.24, 2.45) is 0 Å². The number of hydrogen-bond acceptors (Lipinski definition) is 5. The lowest BCUT2D eigenvalue weighted by Crippen LogP contribution is -2.00. The molecule has 0 radical (unpaired) electrons. The van der Waals surface area contributed by atoms with Crippen LogP contribution in [0.3, 0.4) is 0 Å². The second-order valence-corrected chi connectivity index (χ2v) is 4.16. The van der Waals surface area contributed by atoms with Gasteiger partial charge in [0.2, 0.25) is 0 Å². The first-order chi connectivity index (χ1) is 8.70. The van der Waals surface area contributed by atoms with Crippen LogP contribution in [-0.2, 0) is 0 Å². The number of aromatic nitrogens is 2. The number of carboxylic acid groups (broad SMARTS) is 1. The van der Waals surface area contributed by atoms with Crippen molar-refractivity contribution in [3.8, 4) is 11.8 Å². The van der Waals surface area contributed by atoms with Crippen molar-refractivity contribution in [1.82, 2.24) is 9.97 Å². The summed E-state index contributed by atoms with van der Waals surface area (Å²) in [6, 6.07) is 7.61. The maximum atomic E-state index is 10.6. The predicted octanol–water partition coefficient (Wildman–Crippen LogP) is 2.69. The second kappa shape index (κ2) is 5.50. The number of carbonyl (C=O) groups is 1. The van der Waals surface area contributed by atoms with Crippen LogP contribution < -0.4 is 4.74 Å². The smallest absolute Gasteiger partial charge is 0.338 e. The molecule has 1 aromatic heterocycles. The quantitative estimate of drug-likeness (QED) is 0.854. The van der Waals surface area contributed by atoms with E-state index in [0.717, 1.165) is 4.90 Å². The number of nitrogens with zero attached hydrogens (tertiary/aromatic N) is 2. The second-order valence-electron chi connectivity index (χ2n) is 3.31. The van der Waals surface area contributed by atoms with Crippen molar-refractivity contribution >= 4 is 17.7 Å². The number of thioether (sulfide) groups is 1. The van der Waals surface area contributed by atoms with E-state index in [9.17, 15) is 4.79 Å². The van der Waals surface area contributed by atoms with Crippen LogP contribution in [0.1, 0.15) is 10.4 Å². The number of rotatable bonds is 4. The summed E-state index contributed by atoms with van der Waals surface area (Å²) in [5, 5.41) is 8.72. The Bertz CT molecular complexity index is 558. The minimum atomic E-state index is -1.06. The van der Waals surface area contributed by atoms with Crippen molar-refractivity contribution in [3.05, 3.63) is 42.2 Å². The predicted molar refractivity (Wildman–Crippen MR) is 67.3 cm³/mol. The van der Waals surface area contributed by atoms with E-state index in [1.807, 2.05) is 24.5 Å². The molecule has 1 N–H and O–H groups in total. The van der Waals surface area contributed by atoms with Gasteiger partial charge in [0.25, 0.3) is 0 Å². The van der Waals surface area contributed by atoms with E-state index in [2.05, 4.69) is 9.97 Å². The number of carboxylic acids is 1. The van der Waals surface area contributed by atoms with Crippen LogP contribution in [0.25, 0.3) is 0 Å². The highest BCUT2D eigenvalue weighted by Gasteiger charge is 2.07. The van der Waals surface area contributed by atoms with Crippen LogP contribution in [0.4, 0.5) is 0 Å². The van der Waals surface area contributed by atoms with Crippen molar-refractivity contribution < 1.29 is 14.6 Å². The average Bonchev–Trinajstić information content (AvgIpc) is 2.40. The molecule has 0 aliphatic carbocycles. The molecule has 0 saturated heterocycles. The van der Waals surface area contributed by atoms with Gasteiger partial charge in [-0.15, -0.1) is 11.8 Å². The Hall–Kier alpha value is -2.08. The Labute approximate surface area is 108 Å². The molecule has 0 unspecified atom stereocenters. The zero-order chi connectivity index (χ0) is 13.0. The van der Waals surface area contributed by atoms with Crippen LogP contribution in [0.5, 0.6) is 11.8 Å². The first-order valence-corrected chi connectivity index (χ1v) is 6.29. The van der Waals surface area contributed by atoms with Gasteiger partial charge in [-0.3, -0.25) is 0 Å². The fourth-order valence-electron chi connectivity index (χ4n) is 1.28. The summed E-state index contributed by atoms with van der Waals surface area (Å²) < 4.78 is 5.50. The van der Waals surface area contributed by atoms with E-state index in [1.54, 1.807) is 17.8 Å². The zero-order valence-electron chi connectivity index (χ0n) is 9.53. The Morgan fingerprint density at radius 1 is 1.28 bits per heavy atom. The van der Waals surface area contributed by atoms with Gasteiger partial charge in [-0.2, -0.15) is 0 Å². The molecule has 0 saturated carbocycles. The topological polar surface area (TPSA) is 72.3 Å². The summed E-state index contributed by atoms with van der Waals surface area (Å²) >= 11 is 1.55. The van der Waals surface area contributed by atoms with Crippen LogP contribution in [0, 0.1) is 0 Å². The Morgan fingerprint density at radius 3 is 2.56 bits per heavy atom. The highest BCUT2D eigenvalue weighted by atomic mass is 32.2.